The number of amides is 2. The van der Waals surface area contributed by atoms with E-state index in [1.165, 1.54) is 6.92 Å². The van der Waals surface area contributed by atoms with Gasteiger partial charge in [-0.1, -0.05) is 24.3 Å². The van der Waals surface area contributed by atoms with Crippen molar-refractivity contribution in [3.63, 3.8) is 0 Å². The van der Waals surface area contributed by atoms with E-state index in [1.54, 1.807) is 12.1 Å². The zero-order valence-corrected chi connectivity index (χ0v) is 13.1. The lowest BCUT2D eigenvalue weighted by Gasteiger charge is -2.07. The Balaban J connectivity index is 1.76. The number of hydrogen-bond acceptors (Lipinski definition) is 3. The van der Waals surface area contributed by atoms with Crippen molar-refractivity contribution in [1.29, 1.82) is 0 Å². The first-order valence-electron chi connectivity index (χ1n) is 7.50. The lowest BCUT2D eigenvalue weighted by molar-refractivity contribution is -0.120. The van der Waals surface area contributed by atoms with Gasteiger partial charge in [0, 0.05) is 24.8 Å². The van der Waals surface area contributed by atoms with E-state index in [1.807, 2.05) is 36.4 Å². The second-order valence-corrected chi connectivity index (χ2v) is 5.40. The third-order valence-electron chi connectivity index (χ3n) is 3.35. The largest absolute Gasteiger partial charge is 0.399 e. The fourth-order valence-electron chi connectivity index (χ4n) is 2.19. The minimum atomic E-state index is -0.113. The van der Waals surface area contributed by atoms with Crippen molar-refractivity contribution in [3.05, 3.63) is 59.7 Å². The lowest BCUT2D eigenvalue weighted by atomic mass is 10.1. The van der Waals surface area contributed by atoms with E-state index < -0.39 is 0 Å². The zero-order chi connectivity index (χ0) is 16.7. The number of benzene rings is 2. The highest BCUT2D eigenvalue weighted by Gasteiger charge is 2.04. The zero-order valence-electron chi connectivity index (χ0n) is 13.1. The highest BCUT2D eigenvalue weighted by Crippen LogP contribution is 2.10. The predicted octanol–water partition coefficient (Wildman–Crippen LogP) is 2.13. The van der Waals surface area contributed by atoms with Gasteiger partial charge in [-0.2, -0.15) is 0 Å². The topological polar surface area (TPSA) is 84.2 Å². The Morgan fingerprint density at radius 3 is 2.17 bits per heavy atom. The molecule has 0 unspecified atom stereocenters. The first kappa shape index (κ1) is 16.5. The summed E-state index contributed by atoms with van der Waals surface area (Å²) in [6, 6.07) is 14.9. The van der Waals surface area contributed by atoms with E-state index in [-0.39, 0.29) is 11.8 Å². The molecule has 0 aliphatic heterocycles. The summed E-state index contributed by atoms with van der Waals surface area (Å²) in [4.78, 5) is 22.9. The molecule has 2 aromatic rings. The van der Waals surface area contributed by atoms with Crippen molar-refractivity contribution in [2.75, 3.05) is 17.6 Å². The van der Waals surface area contributed by atoms with E-state index in [9.17, 15) is 9.59 Å². The fraction of sp³-hybridized carbons (Fsp3) is 0.222. The molecule has 0 bridgehead atoms. The van der Waals surface area contributed by atoms with Gasteiger partial charge in [-0.25, -0.2) is 0 Å². The van der Waals surface area contributed by atoms with Gasteiger partial charge in [0.1, 0.15) is 0 Å². The molecule has 2 aromatic carbocycles. The van der Waals surface area contributed by atoms with Gasteiger partial charge in [-0.05, 0) is 41.8 Å². The van der Waals surface area contributed by atoms with Crippen molar-refractivity contribution in [1.82, 2.24) is 5.32 Å². The summed E-state index contributed by atoms with van der Waals surface area (Å²) in [5.41, 5.74) is 9.14. The van der Waals surface area contributed by atoms with Crippen LogP contribution in [0.15, 0.2) is 48.5 Å². The maximum atomic E-state index is 11.9. The minimum Gasteiger partial charge on any atom is -0.399 e. The van der Waals surface area contributed by atoms with Crippen LogP contribution in [0, 0.1) is 0 Å². The van der Waals surface area contributed by atoms with E-state index in [4.69, 9.17) is 5.73 Å². The van der Waals surface area contributed by atoms with Crippen molar-refractivity contribution in [3.8, 4) is 0 Å². The van der Waals surface area contributed by atoms with Crippen LogP contribution in [0.4, 0.5) is 11.4 Å². The monoisotopic (exact) mass is 311 g/mol. The Bertz CT molecular complexity index is 664. The molecule has 2 rings (SSSR count). The number of rotatable bonds is 6. The molecular weight excluding hydrogens is 290 g/mol. The molecule has 0 aliphatic rings. The molecule has 0 aliphatic carbocycles. The molecule has 23 heavy (non-hydrogen) atoms. The third-order valence-corrected chi connectivity index (χ3v) is 3.35. The van der Waals surface area contributed by atoms with Crippen LogP contribution in [0.2, 0.25) is 0 Å². The van der Waals surface area contributed by atoms with Crippen LogP contribution < -0.4 is 16.4 Å². The Hall–Kier alpha value is -2.82. The van der Waals surface area contributed by atoms with Gasteiger partial charge in [0.2, 0.25) is 11.8 Å². The van der Waals surface area contributed by atoms with Gasteiger partial charge in [-0.15, -0.1) is 0 Å². The SMILES string of the molecule is CC(=O)Nc1ccc(CC(=O)NCCc2ccc(N)cc2)cc1. The maximum absolute atomic E-state index is 11.9. The molecule has 0 fully saturated rings. The number of anilines is 2. The number of carbonyl (C=O) groups is 2. The Labute approximate surface area is 135 Å². The molecule has 0 heterocycles. The van der Waals surface area contributed by atoms with Crippen LogP contribution in [-0.2, 0) is 22.4 Å². The van der Waals surface area contributed by atoms with Gasteiger partial charge < -0.3 is 16.4 Å². The maximum Gasteiger partial charge on any atom is 0.224 e. The summed E-state index contributed by atoms with van der Waals surface area (Å²) < 4.78 is 0. The number of hydrogen-bond donors (Lipinski definition) is 3. The van der Waals surface area contributed by atoms with Crippen molar-refractivity contribution < 1.29 is 9.59 Å². The van der Waals surface area contributed by atoms with Gasteiger partial charge in [-0.3, -0.25) is 9.59 Å². The molecule has 0 aromatic heterocycles. The average molecular weight is 311 g/mol. The van der Waals surface area contributed by atoms with Crippen LogP contribution >= 0.6 is 0 Å². The predicted molar refractivity (Wildman–Crippen MR) is 92.0 cm³/mol. The number of nitrogens with one attached hydrogen (secondary N) is 2. The molecule has 0 spiro atoms. The molecule has 0 saturated carbocycles. The Morgan fingerprint density at radius 2 is 1.57 bits per heavy atom. The fourth-order valence-corrected chi connectivity index (χ4v) is 2.19. The van der Waals surface area contributed by atoms with E-state index in [2.05, 4.69) is 10.6 Å². The summed E-state index contributed by atoms with van der Waals surface area (Å²) in [6.45, 7) is 2.05. The van der Waals surface area contributed by atoms with E-state index in [0.29, 0.717) is 13.0 Å². The van der Waals surface area contributed by atoms with Crippen LogP contribution in [-0.4, -0.2) is 18.4 Å². The number of carbonyl (C=O) groups excluding carboxylic acids is 2. The van der Waals surface area contributed by atoms with Crippen LogP contribution in [0.5, 0.6) is 0 Å². The lowest BCUT2D eigenvalue weighted by Crippen LogP contribution is -2.27. The number of nitrogen functional groups attached to an aromatic ring is 1. The Kier molecular flexibility index (Phi) is 5.74. The average Bonchev–Trinajstić information content (AvgIpc) is 2.51. The van der Waals surface area contributed by atoms with Crippen molar-refractivity contribution >= 4 is 23.2 Å². The van der Waals surface area contributed by atoms with Gasteiger partial charge in [0.05, 0.1) is 6.42 Å². The Morgan fingerprint density at radius 1 is 0.957 bits per heavy atom. The first-order chi connectivity index (χ1) is 11.0. The smallest absolute Gasteiger partial charge is 0.224 e. The second kappa shape index (κ2) is 7.98. The third kappa shape index (κ3) is 5.82. The van der Waals surface area contributed by atoms with Crippen LogP contribution in [0.25, 0.3) is 0 Å². The van der Waals surface area contributed by atoms with Crippen molar-refractivity contribution in [2.45, 2.75) is 19.8 Å². The first-order valence-corrected chi connectivity index (χ1v) is 7.50. The normalized spacial score (nSPS) is 10.1. The summed E-state index contributed by atoms with van der Waals surface area (Å²) in [5.74, 6) is -0.133. The summed E-state index contributed by atoms with van der Waals surface area (Å²) in [6.07, 6.45) is 1.09. The van der Waals surface area contributed by atoms with E-state index >= 15 is 0 Å². The van der Waals surface area contributed by atoms with Gasteiger partial charge in [0.25, 0.3) is 0 Å². The summed E-state index contributed by atoms with van der Waals surface area (Å²) >= 11 is 0. The standard InChI is InChI=1S/C18H21N3O2/c1-13(22)21-17-8-4-15(5-9-17)12-18(23)20-11-10-14-2-6-16(19)7-3-14/h2-9H,10-12,19H2,1H3,(H,20,23)(H,21,22). The van der Waals surface area contributed by atoms with Crippen LogP contribution in [0.1, 0.15) is 18.1 Å². The minimum absolute atomic E-state index is 0.0206. The van der Waals surface area contributed by atoms with Crippen LogP contribution in [0.3, 0.4) is 0 Å². The van der Waals surface area contributed by atoms with Crippen molar-refractivity contribution in [2.24, 2.45) is 0 Å². The summed E-state index contributed by atoms with van der Waals surface area (Å²) in [5, 5.41) is 5.59. The molecular formula is C18H21N3O2. The summed E-state index contributed by atoms with van der Waals surface area (Å²) in [7, 11) is 0. The molecule has 4 N–H and O–H groups in total. The molecule has 2 amide bonds. The van der Waals surface area contributed by atoms with Gasteiger partial charge >= 0.3 is 0 Å². The molecule has 120 valence electrons. The molecule has 0 radical (unpaired) electrons. The second-order valence-electron chi connectivity index (χ2n) is 5.40. The molecule has 0 atom stereocenters. The molecule has 5 nitrogen and oxygen atoms in total. The molecule has 5 heteroatoms. The number of nitrogens with two attached hydrogens (primary N) is 1. The highest BCUT2D eigenvalue weighted by molar-refractivity contribution is 5.88. The highest BCUT2D eigenvalue weighted by atomic mass is 16.2. The van der Waals surface area contributed by atoms with E-state index in [0.717, 1.165) is 28.9 Å². The quantitative estimate of drug-likeness (QED) is 0.715. The molecule has 0 saturated heterocycles. The van der Waals surface area contributed by atoms with Gasteiger partial charge in [0.15, 0.2) is 0 Å².